The Morgan fingerprint density at radius 3 is 1.77 bits per heavy atom. The van der Waals surface area contributed by atoms with Gasteiger partial charge in [0.25, 0.3) is 0 Å². The van der Waals surface area contributed by atoms with E-state index >= 15 is 0 Å². The van der Waals surface area contributed by atoms with Crippen LogP contribution in [0.25, 0.3) is 0 Å². The van der Waals surface area contributed by atoms with Gasteiger partial charge < -0.3 is 0 Å². The molecule has 0 heterocycles. The standard InChI is InChI=1S/C19H23N2Se/c1-2-13-19(21-18(20)22,14-16-9-5-3-6-10-16)15-17-11-7-4-8-12-17/h3-12H,2,13-15H2,1H3,(H2,20,21). The van der Waals surface area contributed by atoms with Gasteiger partial charge in [0.05, 0.1) is 0 Å². The summed E-state index contributed by atoms with van der Waals surface area (Å²) in [5, 5.41) is 0. The molecule has 0 amide bonds. The van der Waals surface area contributed by atoms with Crippen LogP contribution >= 0.6 is 0 Å². The molecule has 2 aromatic rings. The van der Waals surface area contributed by atoms with Gasteiger partial charge >= 0.3 is 141 Å². The average molecular weight is 358 g/mol. The van der Waals surface area contributed by atoms with E-state index in [9.17, 15) is 0 Å². The van der Waals surface area contributed by atoms with E-state index in [2.05, 4.69) is 71.5 Å². The van der Waals surface area contributed by atoms with Crippen LogP contribution in [0.1, 0.15) is 30.9 Å². The van der Waals surface area contributed by atoms with Crippen LogP contribution in [0.3, 0.4) is 0 Å². The third-order valence-corrected chi connectivity index (χ3v) is 4.01. The van der Waals surface area contributed by atoms with Crippen LogP contribution in [0.4, 0.5) is 0 Å². The number of rotatable bonds is 7. The van der Waals surface area contributed by atoms with Crippen LogP contribution in [-0.4, -0.2) is 26.3 Å². The van der Waals surface area contributed by atoms with Gasteiger partial charge in [0, 0.05) is 0 Å². The molecule has 0 aliphatic rings. The summed E-state index contributed by atoms with van der Waals surface area (Å²) in [6.07, 6.45) is 3.90. The monoisotopic (exact) mass is 359 g/mol. The van der Waals surface area contributed by atoms with Crippen molar-refractivity contribution in [2.45, 2.75) is 38.1 Å². The Bertz CT molecular complexity index is 548. The molecule has 0 aliphatic carbocycles. The van der Waals surface area contributed by atoms with Crippen molar-refractivity contribution in [3.8, 4) is 0 Å². The van der Waals surface area contributed by atoms with Crippen LogP contribution in [0.15, 0.2) is 65.7 Å². The van der Waals surface area contributed by atoms with E-state index in [1.807, 2.05) is 12.1 Å². The van der Waals surface area contributed by atoms with Crippen molar-refractivity contribution in [3.05, 3.63) is 71.8 Å². The van der Waals surface area contributed by atoms with E-state index in [1.54, 1.807) is 0 Å². The van der Waals surface area contributed by atoms with Gasteiger partial charge in [0.1, 0.15) is 0 Å². The summed E-state index contributed by atoms with van der Waals surface area (Å²) in [5.41, 5.74) is 8.33. The zero-order chi connectivity index (χ0) is 15.8. The normalized spacial score (nSPS) is 12.3. The Hall–Kier alpha value is -1.57. The van der Waals surface area contributed by atoms with Crippen LogP contribution in [0.5, 0.6) is 0 Å². The third-order valence-electron chi connectivity index (χ3n) is 3.81. The van der Waals surface area contributed by atoms with Gasteiger partial charge in [0.15, 0.2) is 0 Å². The quantitative estimate of drug-likeness (QED) is 0.459. The molecule has 0 atom stereocenters. The first-order valence-corrected chi connectivity index (χ1v) is 8.59. The van der Waals surface area contributed by atoms with E-state index in [1.165, 1.54) is 11.1 Å². The number of aliphatic imine (C=N–C) groups is 1. The number of nitrogens with zero attached hydrogens (tertiary/aromatic N) is 1. The third kappa shape index (κ3) is 5.01. The molecule has 0 spiro atoms. The summed E-state index contributed by atoms with van der Waals surface area (Å²) in [6, 6.07) is 21.1. The van der Waals surface area contributed by atoms with E-state index in [-0.39, 0.29) is 5.54 Å². The van der Waals surface area contributed by atoms with E-state index in [0.717, 1.165) is 25.7 Å². The maximum absolute atomic E-state index is 5.91. The van der Waals surface area contributed by atoms with E-state index < -0.39 is 0 Å². The van der Waals surface area contributed by atoms with Gasteiger partial charge in [-0.15, -0.1) is 0 Å². The SMILES string of the molecule is CCCC(Cc1ccccc1)(Cc1ccccc1)N=C(N)[Se]. The first-order valence-electron chi connectivity index (χ1n) is 7.74. The number of benzene rings is 2. The van der Waals surface area contributed by atoms with E-state index in [0.29, 0.717) is 4.73 Å². The zero-order valence-electron chi connectivity index (χ0n) is 13.0. The summed E-state index contributed by atoms with van der Waals surface area (Å²) in [6.45, 7) is 2.20. The fourth-order valence-electron chi connectivity index (χ4n) is 3.02. The molecule has 2 N–H and O–H groups in total. The number of nitrogens with two attached hydrogens (primary N) is 1. The molecule has 1 radical (unpaired) electrons. The Labute approximate surface area is 141 Å². The van der Waals surface area contributed by atoms with Gasteiger partial charge in [-0.05, 0) is 0 Å². The molecule has 0 aliphatic heterocycles. The van der Waals surface area contributed by atoms with Crippen molar-refractivity contribution >= 4 is 20.7 Å². The molecular formula is C19H23N2Se. The molecule has 0 aromatic heterocycles. The van der Waals surface area contributed by atoms with Crippen molar-refractivity contribution in [2.75, 3.05) is 0 Å². The van der Waals surface area contributed by atoms with Gasteiger partial charge in [0.2, 0.25) is 0 Å². The van der Waals surface area contributed by atoms with Crippen molar-refractivity contribution in [1.82, 2.24) is 0 Å². The second-order valence-electron chi connectivity index (χ2n) is 5.75. The molecule has 2 rings (SSSR count). The molecular weight excluding hydrogens is 335 g/mol. The summed E-state index contributed by atoms with van der Waals surface area (Å²) in [5.74, 6) is 0. The Morgan fingerprint density at radius 1 is 0.955 bits per heavy atom. The molecule has 22 heavy (non-hydrogen) atoms. The van der Waals surface area contributed by atoms with Gasteiger partial charge in [-0.1, -0.05) is 0 Å². The van der Waals surface area contributed by atoms with Crippen LogP contribution < -0.4 is 5.73 Å². The fraction of sp³-hybridized carbons (Fsp3) is 0.316. The minimum absolute atomic E-state index is 0.188. The second kappa shape index (κ2) is 8.16. The number of hydrogen-bond donors (Lipinski definition) is 1. The molecule has 2 nitrogen and oxygen atoms in total. The summed E-state index contributed by atoms with van der Waals surface area (Å²) in [7, 11) is 0. The molecule has 115 valence electrons. The van der Waals surface area contributed by atoms with Crippen LogP contribution in [0, 0.1) is 0 Å². The predicted octanol–water partition coefficient (Wildman–Crippen LogP) is 3.49. The average Bonchev–Trinajstić information content (AvgIpc) is 2.48. The Morgan fingerprint density at radius 2 is 1.41 bits per heavy atom. The van der Waals surface area contributed by atoms with Crippen LogP contribution in [-0.2, 0) is 12.8 Å². The summed E-state index contributed by atoms with van der Waals surface area (Å²) >= 11 is 2.85. The molecule has 0 fully saturated rings. The van der Waals surface area contributed by atoms with Gasteiger partial charge in [-0.2, -0.15) is 0 Å². The Kier molecular flexibility index (Phi) is 6.23. The predicted molar refractivity (Wildman–Crippen MR) is 95.3 cm³/mol. The van der Waals surface area contributed by atoms with Gasteiger partial charge in [-0.3, -0.25) is 0 Å². The second-order valence-corrected chi connectivity index (χ2v) is 6.63. The van der Waals surface area contributed by atoms with Crippen molar-refractivity contribution in [2.24, 2.45) is 10.7 Å². The first kappa shape index (κ1) is 16.8. The molecule has 0 bridgehead atoms. The van der Waals surface area contributed by atoms with Crippen molar-refractivity contribution in [3.63, 3.8) is 0 Å². The van der Waals surface area contributed by atoms with Crippen LogP contribution in [0.2, 0.25) is 0 Å². The van der Waals surface area contributed by atoms with Crippen molar-refractivity contribution < 1.29 is 0 Å². The molecule has 3 heteroatoms. The number of amidine groups is 1. The van der Waals surface area contributed by atoms with Crippen molar-refractivity contribution in [1.29, 1.82) is 0 Å². The zero-order valence-corrected chi connectivity index (χ0v) is 14.7. The molecule has 2 aromatic carbocycles. The Balaban J connectivity index is 2.34. The topological polar surface area (TPSA) is 38.4 Å². The molecule has 0 unspecified atom stereocenters. The summed E-state index contributed by atoms with van der Waals surface area (Å²) < 4.78 is 0.542. The fourth-order valence-corrected chi connectivity index (χ4v) is 3.43. The van der Waals surface area contributed by atoms with E-state index in [4.69, 9.17) is 10.7 Å². The summed E-state index contributed by atoms with van der Waals surface area (Å²) in [4.78, 5) is 4.83. The minimum atomic E-state index is -0.188. The molecule has 0 saturated heterocycles. The first-order chi connectivity index (χ1) is 10.6. The molecule has 0 saturated carbocycles. The maximum atomic E-state index is 5.91. The number of hydrogen-bond acceptors (Lipinski definition) is 1. The van der Waals surface area contributed by atoms with Gasteiger partial charge in [-0.25, -0.2) is 0 Å².